The normalized spacial score (nSPS) is 32.4. The van der Waals surface area contributed by atoms with E-state index in [2.05, 4.69) is 24.1 Å². The fraction of sp³-hybridized carbons (Fsp3) is 1.00. The molecular weight excluding hydrogens is 248 g/mol. The van der Waals surface area contributed by atoms with Crippen molar-refractivity contribution in [3.63, 3.8) is 0 Å². The maximum Gasteiger partial charge on any atom is 0.0702 e. The molecule has 3 atom stereocenters. The Bertz CT molecular complexity index is 257. The zero-order valence-corrected chi connectivity index (χ0v) is 13.6. The number of nitrogens with zero attached hydrogens (tertiary/aromatic N) is 1. The Kier molecular flexibility index (Phi) is 7.32. The largest absolute Gasteiger partial charge is 0.377 e. The quantitative estimate of drug-likeness (QED) is 0.777. The van der Waals surface area contributed by atoms with Crippen LogP contribution in [0.5, 0.6) is 0 Å². The fourth-order valence-electron chi connectivity index (χ4n) is 3.89. The van der Waals surface area contributed by atoms with Gasteiger partial charge in [0.2, 0.25) is 0 Å². The lowest BCUT2D eigenvalue weighted by atomic mass is 9.83. The van der Waals surface area contributed by atoms with Crippen molar-refractivity contribution >= 4 is 0 Å². The van der Waals surface area contributed by atoms with Gasteiger partial charge in [-0.25, -0.2) is 0 Å². The lowest BCUT2D eigenvalue weighted by molar-refractivity contribution is -0.00687. The molecule has 0 radical (unpaired) electrons. The van der Waals surface area contributed by atoms with Gasteiger partial charge in [0.15, 0.2) is 0 Å². The number of hydrogen-bond donors (Lipinski definition) is 1. The summed E-state index contributed by atoms with van der Waals surface area (Å²) < 4.78 is 5.97. The van der Waals surface area contributed by atoms with Gasteiger partial charge in [-0.3, -0.25) is 0 Å². The van der Waals surface area contributed by atoms with Crippen LogP contribution in [0.15, 0.2) is 0 Å². The Hall–Kier alpha value is -0.120. The highest BCUT2D eigenvalue weighted by Gasteiger charge is 2.28. The van der Waals surface area contributed by atoms with Gasteiger partial charge in [0.25, 0.3) is 0 Å². The second kappa shape index (κ2) is 9.01. The minimum absolute atomic E-state index is 0.491. The van der Waals surface area contributed by atoms with Crippen LogP contribution >= 0.6 is 0 Å². The van der Waals surface area contributed by atoms with Gasteiger partial charge < -0.3 is 15.0 Å². The van der Waals surface area contributed by atoms with Crippen molar-refractivity contribution in [2.45, 2.75) is 70.9 Å². The summed E-state index contributed by atoms with van der Waals surface area (Å²) in [6.45, 7) is 10.2. The summed E-state index contributed by atoms with van der Waals surface area (Å²) in [5, 5.41) is 3.71. The van der Waals surface area contributed by atoms with Crippen molar-refractivity contribution in [1.82, 2.24) is 10.2 Å². The second-order valence-corrected chi connectivity index (χ2v) is 6.60. The monoisotopic (exact) mass is 282 g/mol. The van der Waals surface area contributed by atoms with Crippen LogP contribution in [-0.2, 0) is 4.74 Å². The van der Waals surface area contributed by atoms with Gasteiger partial charge >= 0.3 is 0 Å². The minimum Gasteiger partial charge on any atom is -0.377 e. The molecule has 3 unspecified atom stereocenters. The Morgan fingerprint density at radius 2 is 1.95 bits per heavy atom. The molecule has 0 spiro atoms. The highest BCUT2D eigenvalue weighted by Crippen LogP contribution is 2.26. The maximum absolute atomic E-state index is 5.97. The van der Waals surface area contributed by atoms with Crippen LogP contribution < -0.4 is 5.32 Å². The van der Waals surface area contributed by atoms with Crippen LogP contribution in [0.1, 0.15) is 58.8 Å². The average molecular weight is 282 g/mol. The van der Waals surface area contributed by atoms with Crippen molar-refractivity contribution in [3.8, 4) is 0 Å². The lowest BCUT2D eigenvalue weighted by Gasteiger charge is -2.39. The molecule has 0 bridgehead atoms. The zero-order valence-electron chi connectivity index (χ0n) is 13.6. The molecule has 1 saturated heterocycles. The molecule has 20 heavy (non-hydrogen) atoms. The van der Waals surface area contributed by atoms with E-state index in [4.69, 9.17) is 4.74 Å². The molecule has 3 nitrogen and oxygen atoms in total. The van der Waals surface area contributed by atoms with Crippen LogP contribution in [0.25, 0.3) is 0 Å². The standard InChI is InChI=1S/C17H34N2O/c1-3-12-20-16-9-7-11-19(14-16)13-15-8-5-6-10-17(15)18-4-2/h15-18H,3-14H2,1-2H3. The van der Waals surface area contributed by atoms with Crippen molar-refractivity contribution in [3.05, 3.63) is 0 Å². The SMILES string of the molecule is CCCOC1CCCN(CC2CCCCC2NCC)C1. The zero-order chi connectivity index (χ0) is 14.2. The number of rotatable bonds is 7. The fourth-order valence-corrected chi connectivity index (χ4v) is 3.89. The first-order valence-electron chi connectivity index (χ1n) is 8.90. The summed E-state index contributed by atoms with van der Waals surface area (Å²) in [7, 11) is 0. The third-order valence-corrected chi connectivity index (χ3v) is 4.89. The van der Waals surface area contributed by atoms with Crippen LogP contribution in [0.2, 0.25) is 0 Å². The molecule has 1 heterocycles. The van der Waals surface area contributed by atoms with E-state index in [0.29, 0.717) is 6.10 Å². The van der Waals surface area contributed by atoms with E-state index >= 15 is 0 Å². The Labute approximate surface area is 125 Å². The molecule has 2 rings (SSSR count). The molecule has 0 aromatic carbocycles. The number of piperidine rings is 1. The van der Waals surface area contributed by atoms with Crippen molar-refractivity contribution in [1.29, 1.82) is 0 Å². The van der Waals surface area contributed by atoms with E-state index in [-0.39, 0.29) is 0 Å². The third-order valence-electron chi connectivity index (χ3n) is 4.89. The first-order valence-corrected chi connectivity index (χ1v) is 8.90. The number of nitrogens with one attached hydrogen (secondary N) is 1. The van der Waals surface area contributed by atoms with Gasteiger partial charge in [0.05, 0.1) is 6.10 Å². The van der Waals surface area contributed by atoms with Crippen molar-refractivity contribution < 1.29 is 4.74 Å². The molecule has 1 N–H and O–H groups in total. The van der Waals surface area contributed by atoms with Gasteiger partial charge in [0, 0.05) is 25.7 Å². The van der Waals surface area contributed by atoms with E-state index in [1.165, 1.54) is 51.6 Å². The molecule has 2 fully saturated rings. The molecule has 3 heteroatoms. The van der Waals surface area contributed by atoms with Crippen molar-refractivity contribution in [2.75, 3.05) is 32.8 Å². The molecule has 0 amide bonds. The minimum atomic E-state index is 0.491. The lowest BCUT2D eigenvalue weighted by Crippen LogP contribution is -2.47. The Morgan fingerprint density at radius 1 is 1.10 bits per heavy atom. The first kappa shape index (κ1) is 16.3. The predicted octanol–water partition coefficient (Wildman–Crippen LogP) is 3.05. The number of hydrogen-bond acceptors (Lipinski definition) is 3. The summed E-state index contributed by atoms with van der Waals surface area (Å²) in [6.07, 6.45) is 9.83. The van der Waals surface area contributed by atoms with E-state index < -0.39 is 0 Å². The van der Waals surface area contributed by atoms with Gasteiger partial charge in [-0.05, 0) is 51.1 Å². The summed E-state index contributed by atoms with van der Waals surface area (Å²) >= 11 is 0. The van der Waals surface area contributed by atoms with E-state index in [1.807, 2.05) is 0 Å². The highest BCUT2D eigenvalue weighted by molar-refractivity contribution is 4.84. The molecule has 118 valence electrons. The smallest absolute Gasteiger partial charge is 0.0702 e. The van der Waals surface area contributed by atoms with E-state index in [9.17, 15) is 0 Å². The summed E-state index contributed by atoms with van der Waals surface area (Å²) in [5.41, 5.74) is 0. The van der Waals surface area contributed by atoms with Crippen LogP contribution in [0, 0.1) is 5.92 Å². The molecule has 1 aliphatic heterocycles. The van der Waals surface area contributed by atoms with Gasteiger partial charge in [-0.1, -0.05) is 26.7 Å². The van der Waals surface area contributed by atoms with E-state index in [1.54, 1.807) is 0 Å². The Balaban J connectivity index is 1.78. The van der Waals surface area contributed by atoms with Crippen LogP contribution in [0.3, 0.4) is 0 Å². The third kappa shape index (κ3) is 5.01. The highest BCUT2D eigenvalue weighted by atomic mass is 16.5. The maximum atomic E-state index is 5.97. The molecule has 0 aromatic heterocycles. The summed E-state index contributed by atoms with van der Waals surface area (Å²) in [6, 6.07) is 0.755. The van der Waals surface area contributed by atoms with Gasteiger partial charge in [-0.2, -0.15) is 0 Å². The molecule has 1 saturated carbocycles. The van der Waals surface area contributed by atoms with E-state index in [0.717, 1.165) is 38.1 Å². The summed E-state index contributed by atoms with van der Waals surface area (Å²) in [5.74, 6) is 0.855. The number of likely N-dealkylation sites (tertiary alicyclic amines) is 1. The first-order chi connectivity index (χ1) is 9.83. The van der Waals surface area contributed by atoms with Crippen LogP contribution in [0.4, 0.5) is 0 Å². The topological polar surface area (TPSA) is 24.5 Å². The van der Waals surface area contributed by atoms with Crippen molar-refractivity contribution in [2.24, 2.45) is 5.92 Å². The summed E-state index contributed by atoms with van der Waals surface area (Å²) in [4.78, 5) is 2.67. The number of ether oxygens (including phenoxy) is 1. The Morgan fingerprint density at radius 3 is 2.75 bits per heavy atom. The van der Waals surface area contributed by atoms with Crippen LogP contribution in [-0.4, -0.2) is 49.8 Å². The molecule has 0 aromatic rings. The molecular formula is C17H34N2O. The van der Waals surface area contributed by atoms with Gasteiger partial charge in [-0.15, -0.1) is 0 Å². The average Bonchev–Trinajstić information content (AvgIpc) is 2.48. The molecule has 2 aliphatic rings. The second-order valence-electron chi connectivity index (χ2n) is 6.60. The predicted molar refractivity (Wildman–Crippen MR) is 85.1 cm³/mol. The molecule has 1 aliphatic carbocycles. The van der Waals surface area contributed by atoms with Gasteiger partial charge in [0.1, 0.15) is 0 Å².